The van der Waals surface area contributed by atoms with Crippen molar-refractivity contribution in [2.75, 3.05) is 0 Å². The predicted octanol–water partition coefficient (Wildman–Crippen LogP) is 3.59. The number of halogens is 4. The van der Waals surface area contributed by atoms with Crippen molar-refractivity contribution in [3.8, 4) is 5.69 Å². The zero-order chi connectivity index (χ0) is 14.0. The van der Waals surface area contributed by atoms with E-state index in [0.29, 0.717) is 5.69 Å². The van der Waals surface area contributed by atoms with Crippen LogP contribution in [0.1, 0.15) is 24.1 Å². The first-order valence-corrected chi connectivity index (χ1v) is 6.17. The van der Waals surface area contributed by atoms with Crippen LogP contribution in [0.5, 0.6) is 0 Å². The Morgan fingerprint density at radius 2 is 1.79 bits per heavy atom. The summed E-state index contributed by atoms with van der Waals surface area (Å²) in [5.74, 6) is -1.14. The summed E-state index contributed by atoms with van der Waals surface area (Å²) in [4.78, 5) is 0. The molecule has 0 atom stereocenters. The molecule has 1 heterocycles. The molecule has 0 N–H and O–H groups in total. The highest BCUT2D eigenvalue weighted by Gasteiger charge is 2.38. The molecule has 0 amide bonds. The van der Waals surface area contributed by atoms with Crippen LogP contribution in [0.15, 0.2) is 24.3 Å². The van der Waals surface area contributed by atoms with Gasteiger partial charge in [-0.2, -0.15) is 13.2 Å². The van der Waals surface area contributed by atoms with Crippen LogP contribution in [0, 0.1) is 0 Å². The van der Waals surface area contributed by atoms with Crippen molar-refractivity contribution in [1.82, 2.24) is 14.8 Å². The zero-order valence-corrected chi connectivity index (χ0v) is 10.8. The standard InChI is InChI=1S/C12H11ClF3N3/c1-2-8-3-5-9(6-4-8)19-10(7-13)17-18-11(19)12(14,15)16/h3-6H,2,7H2,1H3. The van der Waals surface area contributed by atoms with Gasteiger partial charge < -0.3 is 0 Å². The lowest BCUT2D eigenvalue weighted by atomic mass is 10.1. The van der Waals surface area contributed by atoms with Crippen LogP contribution in [0.25, 0.3) is 5.69 Å². The molecule has 3 nitrogen and oxygen atoms in total. The lowest BCUT2D eigenvalue weighted by molar-refractivity contribution is -0.146. The molecule has 0 bridgehead atoms. The Bertz CT molecular complexity index is 561. The maximum absolute atomic E-state index is 12.9. The second-order valence-electron chi connectivity index (χ2n) is 3.93. The Balaban J connectivity index is 2.55. The van der Waals surface area contributed by atoms with Gasteiger partial charge in [0.15, 0.2) is 5.82 Å². The van der Waals surface area contributed by atoms with Gasteiger partial charge in [-0.15, -0.1) is 21.8 Å². The Hall–Kier alpha value is -1.56. The number of aromatic nitrogens is 3. The first-order valence-electron chi connectivity index (χ1n) is 5.64. The Labute approximate surface area is 113 Å². The number of hydrogen-bond donors (Lipinski definition) is 0. The Kier molecular flexibility index (Phi) is 3.80. The summed E-state index contributed by atoms with van der Waals surface area (Å²) < 4.78 is 39.5. The average Bonchev–Trinajstić information content (AvgIpc) is 2.82. The van der Waals surface area contributed by atoms with Gasteiger partial charge in [0.2, 0.25) is 5.82 Å². The first kappa shape index (κ1) is 13.9. The van der Waals surface area contributed by atoms with E-state index in [9.17, 15) is 13.2 Å². The third-order valence-corrected chi connectivity index (χ3v) is 2.94. The van der Waals surface area contributed by atoms with Crippen molar-refractivity contribution >= 4 is 11.6 Å². The minimum atomic E-state index is -4.57. The number of aryl methyl sites for hydroxylation is 1. The normalized spacial score (nSPS) is 11.8. The number of nitrogens with zero attached hydrogens (tertiary/aromatic N) is 3. The highest BCUT2D eigenvalue weighted by atomic mass is 35.5. The van der Waals surface area contributed by atoms with Gasteiger partial charge in [-0.05, 0) is 24.1 Å². The summed E-state index contributed by atoms with van der Waals surface area (Å²) in [6.07, 6.45) is -3.75. The van der Waals surface area contributed by atoms with Gasteiger partial charge in [-0.3, -0.25) is 4.57 Å². The zero-order valence-electron chi connectivity index (χ0n) is 10.1. The largest absolute Gasteiger partial charge is 0.452 e. The first-order chi connectivity index (χ1) is 8.97. The van der Waals surface area contributed by atoms with Crippen LogP contribution in [0.3, 0.4) is 0 Å². The average molecular weight is 290 g/mol. The van der Waals surface area contributed by atoms with Crippen LogP contribution in [-0.4, -0.2) is 14.8 Å². The summed E-state index contributed by atoms with van der Waals surface area (Å²) in [6.45, 7) is 1.97. The van der Waals surface area contributed by atoms with E-state index < -0.39 is 12.0 Å². The van der Waals surface area contributed by atoms with Crippen molar-refractivity contribution in [2.24, 2.45) is 0 Å². The van der Waals surface area contributed by atoms with E-state index in [1.165, 1.54) is 0 Å². The number of hydrogen-bond acceptors (Lipinski definition) is 2. The minimum absolute atomic E-state index is 0.0678. The molecule has 2 rings (SSSR count). The Morgan fingerprint density at radius 3 is 2.26 bits per heavy atom. The topological polar surface area (TPSA) is 30.7 Å². The van der Waals surface area contributed by atoms with Crippen molar-refractivity contribution in [3.63, 3.8) is 0 Å². The second kappa shape index (κ2) is 5.21. The molecule has 102 valence electrons. The van der Waals surface area contributed by atoms with E-state index in [1.54, 1.807) is 24.3 Å². The van der Waals surface area contributed by atoms with E-state index in [-0.39, 0.29) is 11.7 Å². The van der Waals surface area contributed by atoms with E-state index in [0.717, 1.165) is 16.6 Å². The molecule has 0 radical (unpaired) electrons. The molecule has 1 aromatic heterocycles. The highest BCUT2D eigenvalue weighted by Crippen LogP contribution is 2.30. The molecule has 0 aliphatic rings. The second-order valence-corrected chi connectivity index (χ2v) is 4.19. The molecule has 7 heteroatoms. The summed E-state index contributed by atoms with van der Waals surface area (Å²) >= 11 is 5.61. The number of benzene rings is 1. The molecular formula is C12H11ClF3N3. The molecule has 1 aromatic carbocycles. The molecule has 0 unspecified atom stereocenters. The smallest absolute Gasteiger partial charge is 0.274 e. The molecule has 2 aromatic rings. The SMILES string of the molecule is CCc1ccc(-n2c(CCl)nnc2C(F)(F)F)cc1. The van der Waals surface area contributed by atoms with Gasteiger partial charge in [0, 0.05) is 5.69 Å². The monoisotopic (exact) mass is 289 g/mol. The van der Waals surface area contributed by atoms with Crippen molar-refractivity contribution < 1.29 is 13.2 Å². The van der Waals surface area contributed by atoms with E-state index in [4.69, 9.17) is 11.6 Å². The molecule has 0 saturated carbocycles. The summed E-state index contributed by atoms with van der Waals surface area (Å²) in [5.41, 5.74) is 1.39. The van der Waals surface area contributed by atoms with Crippen LogP contribution >= 0.6 is 11.6 Å². The van der Waals surface area contributed by atoms with Gasteiger partial charge in [0.1, 0.15) is 0 Å². The fourth-order valence-corrected chi connectivity index (χ4v) is 1.91. The number of alkyl halides is 4. The Morgan fingerprint density at radius 1 is 1.16 bits per heavy atom. The summed E-state index contributed by atoms with van der Waals surface area (Å²) in [6, 6.07) is 6.75. The molecular weight excluding hydrogens is 279 g/mol. The molecule has 0 fully saturated rings. The summed E-state index contributed by atoms with van der Waals surface area (Å²) in [5, 5.41) is 6.66. The quantitative estimate of drug-likeness (QED) is 0.809. The molecule has 0 saturated heterocycles. The fraction of sp³-hybridized carbons (Fsp3) is 0.333. The maximum Gasteiger partial charge on any atom is 0.452 e. The van der Waals surface area contributed by atoms with Crippen LogP contribution in [0.4, 0.5) is 13.2 Å². The highest BCUT2D eigenvalue weighted by molar-refractivity contribution is 6.16. The summed E-state index contributed by atoms with van der Waals surface area (Å²) in [7, 11) is 0. The van der Waals surface area contributed by atoms with Gasteiger partial charge in [0.05, 0.1) is 5.88 Å². The van der Waals surface area contributed by atoms with E-state index in [2.05, 4.69) is 10.2 Å². The third-order valence-electron chi connectivity index (χ3n) is 2.71. The van der Waals surface area contributed by atoms with Gasteiger partial charge in [-0.1, -0.05) is 19.1 Å². The third kappa shape index (κ3) is 2.73. The van der Waals surface area contributed by atoms with Crippen LogP contribution in [0.2, 0.25) is 0 Å². The van der Waals surface area contributed by atoms with Gasteiger partial charge in [0.25, 0.3) is 0 Å². The molecule has 0 spiro atoms. The number of rotatable bonds is 3. The van der Waals surface area contributed by atoms with Gasteiger partial charge >= 0.3 is 6.18 Å². The lowest BCUT2D eigenvalue weighted by Gasteiger charge is -2.11. The van der Waals surface area contributed by atoms with E-state index in [1.807, 2.05) is 6.92 Å². The predicted molar refractivity (Wildman–Crippen MR) is 65.3 cm³/mol. The maximum atomic E-state index is 12.9. The molecule has 0 aliphatic carbocycles. The molecule has 19 heavy (non-hydrogen) atoms. The van der Waals surface area contributed by atoms with Crippen LogP contribution < -0.4 is 0 Å². The van der Waals surface area contributed by atoms with Crippen molar-refractivity contribution in [1.29, 1.82) is 0 Å². The minimum Gasteiger partial charge on any atom is -0.274 e. The van der Waals surface area contributed by atoms with Crippen LogP contribution in [-0.2, 0) is 18.5 Å². The van der Waals surface area contributed by atoms with E-state index >= 15 is 0 Å². The van der Waals surface area contributed by atoms with Crippen molar-refractivity contribution in [2.45, 2.75) is 25.4 Å². The lowest BCUT2D eigenvalue weighted by Crippen LogP contribution is -2.15. The van der Waals surface area contributed by atoms with Gasteiger partial charge in [-0.25, -0.2) is 0 Å². The fourth-order valence-electron chi connectivity index (χ4n) is 1.74. The van der Waals surface area contributed by atoms with Crippen molar-refractivity contribution in [3.05, 3.63) is 41.5 Å². The molecule has 0 aliphatic heterocycles.